The number of hydrogen-bond acceptors (Lipinski definition) is 7. The van der Waals surface area contributed by atoms with E-state index < -0.39 is 5.97 Å². The third-order valence-electron chi connectivity index (χ3n) is 5.79. The normalized spacial score (nSPS) is 32.6. The van der Waals surface area contributed by atoms with Gasteiger partial charge in [0, 0.05) is 11.7 Å². The van der Waals surface area contributed by atoms with Crippen LogP contribution in [0.5, 0.6) is 0 Å². The number of nitrogens with zero attached hydrogens (tertiary/aromatic N) is 2. The SMILES string of the molecule is Nc1nc(SCC(=O)NC23CC4CC(CC(C4)C2)C3)ncc1C(=O)[O-]. The van der Waals surface area contributed by atoms with Crippen molar-refractivity contribution in [2.45, 2.75) is 49.2 Å². The Bertz CT molecular complexity index is 689. The summed E-state index contributed by atoms with van der Waals surface area (Å²) >= 11 is 1.16. The minimum atomic E-state index is -1.41. The van der Waals surface area contributed by atoms with Gasteiger partial charge in [-0.15, -0.1) is 0 Å². The molecular weight excluding hydrogens is 340 g/mol. The number of nitrogen functional groups attached to an aromatic ring is 1. The lowest BCUT2D eigenvalue weighted by Gasteiger charge is -2.56. The molecule has 5 rings (SSSR count). The van der Waals surface area contributed by atoms with E-state index in [0.717, 1.165) is 55.0 Å². The number of aromatic nitrogens is 2. The number of carbonyl (C=O) groups is 2. The van der Waals surface area contributed by atoms with Crippen molar-refractivity contribution in [1.29, 1.82) is 0 Å². The van der Waals surface area contributed by atoms with E-state index >= 15 is 0 Å². The molecule has 0 radical (unpaired) electrons. The number of nitrogens with two attached hydrogens (primary N) is 1. The molecule has 0 atom stereocenters. The predicted octanol–water partition coefficient (Wildman–Crippen LogP) is 0.599. The van der Waals surface area contributed by atoms with Crippen LogP contribution >= 0.6 is 11.8 Å². The van der Waals surface area contributed by atoms with Crippen LogP contribution in [-0.2, 0) is 4.79 Å². The fourth-order valence-corrected chi connectivity index (χ4v) is 5.95. The first-order valence-electron chi connectivity index (χ1n) is 8.70. The summed E-state index contributed by atoms with van der Waals surface area (Å²) in [5, 5.41) is 14.4. The zero-order valence-electron chi connectivity index (χ0n) is 13.9. The van der Waals surface area contributed by atoms with Gasteiger partial charge in [-0.05, 0) is 56.3 Å². The molecule has 0 aliphatic heterocycles. The Labute approximate surface area is 150 Å². The molecule has 25 heavy (non-hydrogen) atoms. The molecule has 3 N–H and O–H groups in total. The van der Waals surface area contributed by atoms with E-state index in [9.17, 15) is 14.7 Å². The second-order valence-corrected chi connectivity index (χ2v) is 8.72. The Morgan fingerprint density at radius 3 is 2.36 bits per heavy atom. The van der Waals surface area contributed by atoms with Gasteiger partial charge in [-0.25, -0.2) is 9.97 Å². The van der Waals surface area contributed by atoms with E-state index in [4.69, 9.17) is 5.73 Å². The molecule has 1 aromatic heterocycles. The topological polar surface area (TPSA) is 121 Å². The average molecular weight is 361 g/mol. The van der Waals surface area contributed by atoms with Crippen LogP contribution in [0.4, 0.5) is 5.82 Å². The monoisotopic (exact) mass is 361 g/mol. The van der Waals surface area contributed by atoms with Gasteiger partial charge in [0.25, 0.3) is 0 Å². The van der Waals surface area contributed by atoms with Gasteiger partial charge in [0.1, 0.15) is 5.82 Å². The Morgan fingerprint density at radius 2 is 1.84 bits per heavy atom. The van der Waals surface area contributed by atoms with Gasteiger partial charge in [-0.1, -0.05) is 11.8 Å². The number of nitrogens with one attached hydrogen (secondary N) is 1. The lowest BCUT2D eigenvalue weighted by atomic mass is 9.53. The number of aromatic carboxylic acids is 1. The molecule has 0 saturated heterocycles. The molecule has 4 aliphatic rings. The van der Waals surface area contributed by atoms with Crippen LogP contribution in [0, 0.1) is 17.8 Å². The van der Waals surface area contributed by atoms with Gasteiger partial charge in [-0.2, -0.15) is 0 Å². The molecule has 0 spiro atoms. The Hall–Kier alpha value is -1.83. The fraction of sp³-hybridized carbons (Fsp3) is 0.647. The Morgan fingerprint density at radius 1 is 1.24 bits per heavy atom. The van der Waals surface area contributed by atoms with E-state index in [1.807, 2.05) is 0 Å². The molecule has 1 heterocycles. The third-order valence-corrected chi connectivity index (χ3v) is 6.65. The van der Waals surface area contributed by atoms with E-state index in [2.05, 4.69) is 15.3 Å². The lowest BCUT2D eigenvalue weighted by molar-refractivity contribution is -0.255. The maximum absolute atomic E-state index is 12.4. The number of carbonyl (C=O) groups excluding carboxylic acids is 2. The highest BCUT2D eigenvalue weighted by Gasteiger charge is 2.51. The number of thioether (sulfide) groups is 1. The number of rotatable bonds is 5. The summed E-state index contributed by atoms with van der Waals surface area (Å²) in [7, 11) is 0. The maximum atomic E-state index is 12.4. The van der Waals surface area contributed by atoms with Crippen molar-refractivity contribution in [2.24, 2.45) is 17.8 Å². The molecule has 4 saturated carbocycles. The first-order chi connectivity index (χ1) is 11.9. The van der Waals surface area contributed by atoms with Crippen molar-refractivity contribution < 1.29 is 14.7 Å². The summed E-state index contributed by atoms with van der Waals surface area (Å²) in [5.41, 5.74) is 5.34. The highest BCUT2D eigenvalue weighted by molar-refractivity contribution is 7.99. The summed E-state index contributed by atoms with van der Waals surface area (Å²) in [6.07, 6.45) is 8.46. The molecule has 134 valence electrons. The van der Waals surface area contributed by atoms with Crippen LogP contribution in [0.25, 0.3) is 0 Å². The molecular formula is C17H21N4O3S-. The van der Waals surface area contributed by atoms with Crippen molar-refractivity contribution in [3.05, 3.63) is 11.8 Å². The molecule has 8 heteroatoms. The van der Waals surface area contributed by atoms with Crippen molar-refractivity contribution >= 4 is 29.5 Å². The number of amides is 1. The molecule has 4 aliphatic carbocycles. The van der Waals surface area contributed by atoms with Crippen molar-refractivity contribution in [3.8, 4) is 0 Å². The minimum Gasteiger partial charge on any atom is -0.545 e. The van der Waals surface area contributed by atoms with Gasteiger partial charge < -0.3 is 21.0 Å². The van der Waals surface area contributed by atoms with Crippen LogP contribution in [-0.4, -0.2) is 33.1 Å². The molecule has 0 aromatic carbocycles. The minimum absolute atomic E-state index is 0.00882. The van der Waals surface area contributed by atoms with Crippen LogP contribution in [0.1, 0.15) is 48.9 Å². The van der Waals surface area contributed by atoms with E-state index in [1.165, 1.54) is 19.3 Å². The predicted molar refractivity (Wildman–Crippen MR) is 90.5 cm³/mol. The summed E-state index contributed by atoms with van der Waals surface area (Å²) in [6, 6.07) is 0. The molecule has 4 bridgehead atoms. The Kier molecular flexibility index (Phi) is 4.10. The number of anilines is 1. The number of carboxylic acid groups (broad SMARTS) is 1. The first-order valence-corrected chi connectivity index (χ1v) is 9.69. The third kappa shape index (κ3) is 3.31. The maximum Gasteiger partial charge on any atom is 0.230 e. The fourth-order valence-electron chi connectivity index (χ4n) is 5.33. The van der Waals surface area contributed by atoms with Crippen LogP contribution < -0.4 is 16.2 Å². The summed E-state index contributed by atoms with van der Waals surface area (Å²) in [4.78, 5) is 31.1. The average Bonchev–Trinajstić information content (AvgIpc) is 2.50. The molecule has 0 unspecified atom stereocenters. The first kappa shape index (κ1) is 16.6. The van der Waals surface area contributed by atoms with Crippen LogP contribution in [0.3, 0.4) is 0 Å². The van der Waals surface area contributed by atoms with Gasteiger partial charge in [0.05, 0.1) is 17.3 Å². The van der Waals surface area contributed by atoms with Crippen LogP contribution in [0.2, 0.25) is 0 Å². The summed E-state index contributed by atoms with van der Waals surface area (Å²) in [6.45, 7) is 0. The van der Waals surface area contributed by atoms with Crippen molar-refractivity contribution in [3.63, 3.8) is 0 Å². The van der Waals surface area contributed by atoms with Gasteiger partial charge >= 0.3 is 0 Å². The zero-order chi connectivity index (χ0) is 17.6. The van der Waals surface area contributed by atoms with E-state index in [1.54, 1.807) is 0 Å². The second kappa shape index (κ2) is 6.16. The molecule has 1 aromatic rings. The number of carboxylic acids is 1. The van der Waals surface area contributed by atoms with Crippen molar-refractivity contribution in [1.82, 2.24) is 15.3 Å². The lowest BCUT2D eigenvalue weighted by Crippen LogP contribution is -2.60. The molecule has 7 nitrogen and oxygen atoms in total. The van der Waals surface area contributed by atoms with Crippen molar-refractivity contribution in [2.75, 3.05) is 11.5 Å². The highest BCUT2D eigenvalue weighted by Crippen LogP contribution is 2.55. The van der Waals surface area contributed by atoms with Gasteiger partial charge in [0.2, 0.25) is 5.91 Å². The number of hydrogen-bond donors (Lipinski definition) is 2. The zero-order valence-corrected chi connectivity index (χ0v) is 14.7. The van der Waals surface area contributed by atoms with Gasteiger partial charge in [0.15, 0.2) is 5.16 Å². The Balaban J connectivity index is 1.35. The van der Waals surface area contributed by atoms with E-state index in [-0.39, 0.29) is 28.6 Å². The van der Waals surface area contributed by atoms with Crippen LogP contribution in [0.15, 0.2) is 11.4 Å². The summed E-state index contributed by atoms with van der Waals surface area (Å²) < 4.78 is 0. The quantitative estimate of drug-likeness (QED) is 0.582. The van der Waals surface area contributed by atoms with Gasteiger partial charge in [-0.3, -0.25) is 4.79 Å². The highest BCUT2D eigenvalue weighted by atomic mass is 32.2. The summed E-state index contributed by atoms with van der Waals surface area (Å²) in [5.74, 6) is 0.968. The molecule has 1 amide bonds. The van der Waals surface area contributed by atoms with E-state index in [0.29, 0.717) is 5.16 Å². The second-order valence-electron chi connectivity index (χ2n) is 7.77. The molecule has 4 fully saturated rings. The largest absolute Gasteiger partial charge is 0.545 e. The smallest absolute Gasteiger partial charge is 0.230 e. The standard InChI is InChI=1S/C17H22N4O3S/c18-14-12(15(23)24)7-19-16(20-14)25-8-13(22)21-17-4-9-1-10(5-17)3-11(2-9)6-17/h7,9-11H,1-6,8H2,(H,21,22)(H,23,24)(H2,18,19,20)/p-1.